The van der Waals surface area contributed by atoms with Gasteiger partial charge in [-0.1, -0.05) is 32.9 Å². The number of H-pyrrole nitrogens is 1. The van der Waals surface area contributed by atoms with Crippen LogP contribution in [0.2, 0.25) is 0 Å². The van der Waals surface area contributed by atoms with E-state index in [1.54, 1.807) is 24.7 Å². The van der Waals surface area contributed by atoms with Gasteiger partial charge in [-0.15, -0.1) is 0 Å². The van der Waals surface area contributed by atoms with Gasteiger partial charge in [0.2, 0.25) is 0 Å². The molecule has 0 saturated heterocycles. The molecule has 3 aromatic rings. The quantitative estimate of drug-likeness (QED) is 0.748. The van der Waals surface area contributed by atoms with Crippen LogP contribution in [0.1, 0.15) is 31.1 Å². The van der Waals surface area contributed by atoms with Gasteiger partial charge in [0.15, 0.2) is 5.82 Å². The molecule has 0 aliphatic heterocycles. The number of imidazole rings is 1. The summed E-state index contributed by atoms with van der Waals surface area (Å²) in [5, 5.41) is 9.79. The number of rotatable bonds is 5. The van der Waals surface area contributed by atoms with E-state index in [0.29, 0.717) is 17.9 Å². The molecule has 7 nitrogen and oxygen atoms in total. The summed E-state index contributed by atoms with van der Waals surface area (Å²) >= 11 is 0. The maximum atomic E-state index is 12.7. The SMILES string of the molecule is CC(C)(C)[C@H](Cn1ccnc1)NC(=O)c1ccc(-c2ncn[nH]2)cc1. The zero-order chi connectivity index (χ0) is 17.9. The Kier molecular flexibility index (Phi) is 4.65. The highest BCUT2D eigenvalue weighted by molar-refractivity contribution is 5.94. The molecule has 0 fully saturated rings. The van der Waals surface area contributed by atoms with Crippen molar-refractivity contribution in [3.05, 3.63) is 54.9 Å². The van der Waals surface area contributed by atoms with Gasteiger partial charge in [0, 0.05) is 30.1 Å². The lowest BCUT2D eigenvalue weighted by molar-refractivity contribution is 0.0892. The van der Waals surface area contributed by atoms with Crippen molar-refractivity contribution in [3.8, 4) is 11.4 Å². The molecular weight excluding hydrogens is 316 g/mol. The number of hydrogen-bond donors (Lipinski definition) is 2. The fraction of sp³-hybridized carbons (Fsp3) is 0.333. The molecule has 0 aliphatic rings. The van der Waals surface area contributed by atoms with Crippen molar-refractivity contribution in [2.24, 2.45) is 5.41 Å². The van der Waals surface area contributed by atoms with E-state index in [-0.39, 0.29) is 17.4 Å². The van der Waals surface area contributed by atoms with Crippen LogP contribution in [-0.4, -0.2) is 36.7 Å². The first-order valence-corrected chi connectivity index (χ1v) is 8.16. The second kappa shape index (κ2) is 6.88. The van der Waals surface area contributed by atoms with Crippen LogP contribution in [0.4, 0.5) is 0 Å². The molecule has 1 atom stereocenters. The zero-order valence-electron chi connectivity index (χ0n) is 14.6. The Hall–Kier alpha value is -2.96. The molecule has 0 spiro atoms. The Morgan fingerprint density at radius 2 is 2.04 bits per heavy atom. The summed E-state index contributed by atoms with van der Waals surface area (Å²) in [5.74, 6) is 0.587. The molecule has 0 aliphatic carbocycles. The minimum Gasteiger partial charge on any atom is -0.347 e. The van der Waals surface area contributed by atoms with Crippen molar-refractivity contribution >= 4 is 5.91 Å². The van der Waals surface area contributed by atoms with Gasteiger partial charge >= 0.3 is 0 Å². The zero-order valence-corrected chi connectivity index (χ0v) is 14.6. The van der Waals surface area contributed by atoms with E-state index in [0.717, 1.165) is 5.56 Å². The summed E-state index contributed by atoms with van der Waals surface area (Å²) in [7, 11) is 0. The molecule has 0 saturated carbocycles. The van der Waals surface area contributed by atoms with Crippen LogP contribution in [-0.2, 0) is 6.54 Å². The molecule has 25 heavy (non-hydrogen) atoms. The number of carbonyl (C=O) groups is 1. The highest BCUT2D eigenvalue weighted by Crippen LogP contribution is 2.22. The number of nitrogens with one attached hydrogen (secondary N) is 2. The van der Waals surface area contributed by atoms with E-state index < -0.39 is 0 Å². The average molecular weight is 338 g/mol. The van der Waals surface area contributed by atoms with Crippen molar-refractivity contribution in [1.29, 1.82) is 0 Å². The minimum absolute atomic E-state index is 0.0249. The number of nitrogens with zero attached hydrogens (tertiary/aromatic N) is 4. The first-order valence-electron chi connectivity index (χ1n) is 8.16. The summed E-state index contributed by atoms with van der Waals surface area (Å²) in [5.41, 5.74) is 1.42. The monoisotopic (exact) mass is 338 g/mol. The highest BCUT2D eigenvalue weighted by atomic mass is 16.1. The van der Waals surface area contributed by atoms with Crippen molar-refractivity contribution in [2.45, 2.75) is 33.4 Å². The lowest BCUT2D eigenvalue weighted by Gasteiger charge is -2.31. The van der Waals surface area contributed by atoms with Crippen molar-refractivity contribution in [3.63, 3.8) is 0 Å². The van der Waals surface area contributed by atoms with E-state index in [1.165, 1.54) is 6.33 Å². The highest BCUT2D eigenvalue weighted by Gasteiger charge is 2.27. The van der Waals surface area contributed by atoms with Gasteiger partial charge in [0.25, 0.3) is 5.91 Å². The fourth-order valence-electron chi connectivity index (χ4n) is 2.51. The Balaban J connectivity index is 1.72. The molecule has 3 rings (SSSR count). The lowest BCUT2D eigenvalue weighted by atomic mass is 9.86. The number of hydrogen-bond acceptors (Lipinski definition) is 4. The summed E-state index contributed by atoms with van der Waals surface area (Å²) < 4.78 is 1.98. The van der Waals surface area contributed by atoms with Crippen LogP contribution < -0.4 is 5.32 Å². The van der Waals surface area contributed by atoms with Gasteiger partial charge in [0.05, 0.1) is 12.4 Å². The van der Waals surface area contributed by atoms with Gasteiger partial charge in [-0.3, -0.25) is 9.89 Å². The third-order valence-electron chi connectivity index (χ3n) is 4.14. The summed E-state index contributed by atoms with van der Waals surface area (Å²) in [6.07, 6.45) is 6.86. The minimum atomic E-state index is -0.0934. The summed E-state index contributed by atoms with van der Waals surface area (Å²) in [6.45, 7) is 7.01. The molecule has 0 radical (unpaired) electrons. The van der Waals surface area contributed by atoms with Crippen molar-refractivity contribution in [2.75, 3.05) is 0 Å². The van der Waals surface area contributed by atoms with E-state index in [9.17, 15) is 4.79 Å². The molecule has 1 amide bonds. The largest absolute Gasteiger partial charge is 0.347 e. The van der Waals surface area contributed by atoms with E-state index in [2.05, 4.69) is 46.3 Å². The third kappa shape index (κ3) is 4.12. The van der Waals surface area contributed by atoms with Gasteiger partial charge in [-0.25, -0.2) is 9.97 Å². The van der Waals surface area contributed by atoms with Gasteiger partial charge in [0.1, 0.15) is 6.33 Å². The maximum Gasteiger partial charge on any atom is 0.251 e. The molecule has 1 aromatic carbocycles. The predicted octanol–water partition coefficient (Wildman–Crippen LogP) is 2.51. The Bertz CT molecular complexity index is 800. The van der Waals surface area contributed by atoms with Crippen LogP contribution in [0.5, 0.6) is 0 Å². The van der Waals surface area contributed by atoms with Crippen molar-refractivity contribution in [1.82, 2.24) is 30.0 Å². The van der Waals surface area contributed by atoms with E-state index in [4.69, 9.17) is 0 Å². The molecule has 2 heterocycles. The first kappa shape index (κ1) is 16.9. The second-order valence-corrected chi connectivity index (χ2v) is 7.06. The maximum absolute atomic E-state index is 12.7. The summed E-state index contributed by atoms with van der Waals surface area (Å²) in [6, 6.07) is 7.28. The van der Waals surface area contributed by atoms with Crippen LogP contribution in [0.25, 0.3) is 11.4 Å². The topological polar surface area (TPSA) is 88.5 Å². The van der Waals surface area contributed by atoms with E-state index >= 15 is 0 Å². The Morgan fingerprint density at radius 3 is 2.60 bits per heavy atom. The number of carbonyl (C=O) groups excluding carboxylic acids is 1. The van der Waals surface area contributed by atoms with Crippen LogP contribution >= 0.6 is 0 Å². The average Bonchev–Trinajstić information content (AvgIpc) is 3.27. The Morgan fingerprint density at radius 1 is 1.28 bits per heavy atom. The molecule has 2 aromatic heterocycles. The molecule has 0 unspecified atom stereocenters. The third-order valence-corrected chi connectivity index (χ3v) is 4.14. The molecule has 130 valence electrons. The fourth-order valence-corrected chi connectivity index (χ4v) is 2.51. The second-order valence-electron chi connectivity index (χ2n) is 7.06. The lowest BCUT2D eigenvalue weighted by Crippen LogP contribution is -2.46. The van der Waals surface area contributed by atoms with E-state index in [1.807, 2.05) is 22.9 Å². The number of benzene rings is 1. The number of amides is 1. The number of aromatic amines is 1. The molecule has 0 bridgehead atoms. The summed E-state index contributed by atoms with van der Waals surface area (Å²) in [4.78, 5) is 20.8. The van der Waals surface area contributed by atoms with Crippen LogP contribution in [0, 0.1) is 5.41 Å². The van der Waals surface area contributed by atoms with Gasteiger partial charge < -0.3 is 9.88 Å². The smallest absolute Gasteiger partial charge is 0.251 e. The van der Waals surface area contributed by atoms with Gasteiger partial charge in [-0.2, -0.15) is 5.10 Å². The first-order chi connectivity index (χ1) is 11.9. The predicted molar refractivity (Wildman–Crippen MR) is 94.8 cm³/mol. The molecule has 7 heteroatoms. The van der Waals surface area contributed by atoms with Gasteiger partial charge in [-0.05, 0) is 17.5 Å². The number of aromatic nitrogens is 5. The molecular formula is C18H22N6O. The van der Waals surface area contributed by atoms with Crippen LogP contribution in [0.3, 0.4) is 0 Å². The Labute approximate surface area is 146 Å². The van der Waals surface area contributed by atoms with Crippen LogP contribution in [0.15, 0.2) is 49.3 Å². The van der Waals surface area contributed by atoms with Crippen molar-refractivity contribution < 1.29 is 4.79 Å². The molecule has 2 N–H and O–H groups in total. The normalized spacial score (nSPS) is 12.8. The standard InChI is InChI=1S/C18H22N6O/c1-18(2,3)15(10-24-9-8-19-12-24)22-17(25)14-6-4-13(5-7-14)16-20-11-21-23-16/h4-9,11-12,15H,10H2,1-3H3,(H,22,25)(H,20,21,23)/t15-/m0/s1.